The minimum atomic E-state index is -5.47. The second-order valence-corrected chi connectivity index (χ2v) is 27.4. The van der Waals surface area contributed by atoms with E-state index in [1.165, 1.54) is 68.5 Å². The topological polar surface area (TPSA) is 564 Å². The third-order valence-corrected chi connectivity index (χ3v) is 18.4. The summed E-state index contributed by atoms with van der Waals surface area (Å²) in [5.41, 5.74) is -7.66. The van der Waals surface area contributed by atoms with Crippen molar-refractivity contribution in [3.63, 3.8) is 0 Å². The van der Waals surface area contributed by atoms with Crippen molar-refractivity contribution in [2.75, 3.05) is 31.2 Å². The van der Waals surface area contributed by atoms with E-state index in [2.05, 4.69) is 55.6 Å². The molecule has 0 amide bonds. The minimum absolute atomic E-state index is 0. The third kappa shape index (κ3) is 23.0. The van der Waals surface area contributed by atoms with E-state index in [9.17, 15) is 94.2 Å². The average Bonchev–Trinajstić information content (AvgIpc) is 1.76. The maximum atomic E-state index is 13.6. The van der Waals surface area contributed by atoms with Gasteiger partial charge in [0.15, 0.2) is 0 Å². The molecule has 48 heteroatoms. The Bertz CT molecular complexity index is 5870. The number of aromatic amines is 2. The number of rotatable bonds is 20. The molecular formula is C57H41Cu2N14Na5O22S5+2. The van der Waals surface area contributed by atoms with Crippen LogP contribution in [-0.4, -0.2) is 127 Å². The fourth-order valence-corrected chi connectivity index (χ4v) is 12.6. The first-order chi connectivity index (χ1) is 46.0. The number of aromatic nitrogens is 7. The molecule has 0 unspecified atom stereocenters. The summed E-state index contributed by atoms with van der Waals surface area (Å²) in [6.07, 6.45) is 4.22. The molecule has 526 valence electrons. The number of carbonyl (C=O) groups excluding carboxylic acids is 2. The number of H-pyrrole nitrogens is 2. The number of morpholine rings is 1. The average molecular weight is 1680 g/mol. The number of aryl methyl sites for hydroxylation is 2. The number of azo groups is 2. The number of ether oxygens (including phenoxy) is 1. The van der Waals surface area contributed by atoms with Crippen molar-refractivity contribution in [2.24, 2.45) is 30.4 Å². The number of carboxylic acids is 2. The molecular weight excluding hydrogens is 1640 g/mol. The first kappa shape index (κ1) is 94.1. The van der Waals surface area contributed by atoms with Crippen molar-refractivity contribution in [1.82, 2.24) is 34.5 Å². The fourth-order valence-electron chi connectivity index (χ4n) is 9.40. The number of nitrogens with one attached hydrogen (secondary N) is 2. The Morgan fingerprint density at radius 2 is 1.05 bits per heavy atom. The first-order valence-corrected chi connectivity index (χ1v) is 34.5. The monoisotopic (exact) mass is 1670 g/mol. The summed E-state index contributed by atoms with van der Waals surface area (Å²) >= 11 is 0. The zero-order chi connectivity index (χ0) is 71.0. The van der Waals surface area contributed by atoms with Crippen LogP contribution in [0.5, 0.6) is 0 Å². The standard InChI is InChI=1S/C57H48N14O22S5.2Cu.5Na/c1-30-49(66-64-43-19-17-39(94(78,79)80)29-41(43)54(76)77)51(72)70(67-30)37-16-20-45(95(81,82)83)35(26-37)11-10-34-12-14-36(27-46(34)96(84,85)86)58-55-60-56(62-57(61-55)69-21-23-93-24-22-69)59-44-18-8-32(25-48(44)98(90,91)92)7-9-33-13-15-38(28-47(33)97(87,88)89)71-52(73)50(31(2)68-71)65-63-42-6-4-3-5-40(42)53(74)75;;;;;;;/h3-20,25-29H,21-24H2,1-2H3,(H11,58,59,60,61,62,63,64,67,68,72,73,74,75,76,77,78,79,80,81,82,83,84,85,86,87,88,89,90,91,92);;;;;;;/q;2*+2;5*+1/p-7. The van der Waals surface area contributed by atoms with E-state index in [-0.39, 0.29) is 282 Å². The Labute approximate surface area is 726 Å². The van der Waals surface area contributed by atoms with Gasteiger partial charge in [-0.3, -0.25) is 28.7 Å². The van der Waals surface area contributed by atoms with Gasteiger partial charge in [-0.2, -0.15) is 21.8 Å². The van der Waals surface area contributed by atoms with Crippen molar-refractivity contribution in [2.45, 2.75) is 38.3 Å². The van der Waals surface area contributed by atoms with Crippen LogP contribution in [0.1, 0.15) is 54.4 Å². The van der Waals surface area contributed by atoms with Crippen LogP contribution in [0.15, 0.2) is 180 Å². The molecule has 6 aromatic carbocycles. The summed E-state index contributed by atoms with van der Waals surface area (Å²) in [6, 6.07) is 20.0. The van der Waals surface area contributed by atoms with E-state index in [1.807, 2.05) is 0 Å². The second kappa shape index (κ2) is 38.5. The molecule has 0 atom stereocenters. The molecule has 2 radical (unpaired) electrons. The maximum absolute atomic E-state index is 13.6. The van der Waals surface area contributed by atoms with Crippen LogP contribution in [0, 0.1) is 13.8 Å². The summed E-state index contributed by atoms with van der Waals surface area (Å²) in [5.74, 6) is -3.48. The van der Waals surface area contributed by atoms with Crippen molar-refractivity contribution in [3.05, 3.63) is 192 Å². The Hall–Kier alpha value is -5.08. The molecule has 3 aromatic heterocycles. The van der Waals surface area contributed by atoms with E-state index >= 15 is 0 Å². The molecule has 4 heterocycles. The number of benzene rings is 6. The Morgan fingerprint density at radius 1 is 0.533 bits per heavy atom. The number of hydrogen-bond donors (Lipinski definition) is 4. The fraction of sp³-hybridized carbons (Fsp3) is 0.105. The largest absolute Gasteiger partial charge is 2.00 e. The molecule has 0 spiro atoms. The predicted octanol–water partition coefficient (Wildman–Crippen LogP) is -13.0. The van der Waals surface area contributed by atoms with Crippen LogP contribution < -0.4 is 195 Å². The van der Waals surface area contributed by atoms with Crippen LogP contribution in [0.4, 0.5) is 40.1 Å². The zero-order valence-electron chi connectivity index (χ0n) is 55.2. The molecule has 1 aliphatic rings. The summed E-state index contributed by atoms with van der Waals surface area (Å²) in [6.45, 7) is 3.52. The molecule has 1 saturated heterocycles. The number of carbonyl (C=O) groups is 2. The van der Waals surface area contributed by atoms with E-state index < -0.39 is 132 Å². The SMILES string of the molecule is Cc1[n-]n(-c2ccc(C=Cc3ccc(N=c4[nH]c(N5CCOCC5)nc(=Nc5ccc(C=Cc6cc(-n7[n-]c(C)c(N=Nc8ccc(S(=O)(=O)[O-])cc8C(=O)[O-])c7=O)ccc6S(=O)(=O)[O-])c(S(=O)(=O)[O-])c5)[nH]4)c(S(=O)(=O)O)c3)c(S(=O)(=O)O)c2)c(=O)c1N=Nc1ccccc1C(=O)[O-].[Cu+2].[Cu+2].[Na+].[Na+].[Na+].[Na+].[Na+]. The smallest absolute Gasteiger partial charge is 0.744 e. The molecule has 10 rings (SSSR count). The Morgan fingerprint density at radius 3 is 1.61 bits per heavy atom. The van der Waals surface area contributed by atoms with Crippen LogP contribution in [0.3, 0.4) is 0 Å². The Balaban J connectivity index is 0.00000409. The number of nitrogens with zero attached hydrogens (tertiary/aromatic N) is 12. The van der Waals surface area contributed by atoms with Gasteiger partial charge in [-0.25, -0.2) is 35.2 Å². The molecule has 0 aliphatic carbocycles. The predicted molar refractivity (Wildman–Crippen MR) is 331 cm³/mol. The molecule has 36 nitrogen and oxygen atoms in total. The molecule has 9 aromatic rings. The molecule has 0 bridgehead atoms. The normalized spacial score (nSPS) is 13.1. The summed E-state index contributed by atoms with van der Waals surface area (Å²) in [4.78, 5) is 66.6. The third-order valence-electron chi connectivity index (χ3n) is 14.0. The van der Waals surface area contributed by atoms with Crippen LogP contribution >= 0.6 is 0 Å². The molecule has 1 fully saturated rings. The van der Waals surface area contributed by atoms with Crippen molar-refractivity contribution in [3.8, 4) is 11.4 Å². The van der Waals surface area contributed by atoms with Crippen molar-refractivity contribution >= 4 is 127 Å². The molecule has 0 saturated carbocycles. The maximum Gasteiger partial charge on any atom is 2.00 e. The second-order valence-electron chi connectivity index (χ2n) is 20.5. The van der Waals surface area contributed by atoms with Gasteiger partial charge in [0.1, 0.15) is 51.5 Å². The summed E-state index contributed by atoms with van der Waals surface area (Å²) < 4.78 is 190. The van der Waals surface area contributed by atoms with Gasteiger partial charge in [0.2, 0.25) is 17.2 Å². The van der Waals surface area contributed by atoms with Gasteiger partial charge >= 0.3 is 182 Å². The number of hydrogen-bond acceptors (Lipinski definition) is 28. The van der Waals surface area contributed by atoms with Gasteiger partial charge in [0, 0.05) is 35.6 Å². The number of carboxylic acid groups (broad SMARTS) is 2. The van der Waals surface area contributed by atoms with Crippen molar-refractivity contribution < 1.29 is 271 Å². The van der Waals surface area contributed by atoms with Crippen molar-refractivity contribution in [1.29, 1.82) is 0 Å². The van der Waals surface area contributed by atoms with Gasteiger partial charge in [-0.1, -0.05) is 74.5 Å². The summed E-state index contributed by atoms with van der Waals surface area (Å²) in [5, 5.41) is 46.7. The van der Waals surface area contributed by atoms with E-state index in [0.29, 0.717) is 10.7 Å². The number of anilines is 1. The van der Waals surface area contributed by atoms with E-state index in [1.54, 1.807) is 4.90 Å². The Kier molecular flexibility index (Phi) is 34.5. The molecule has 105 heavy (non-hydrogen) atoms. The van der Waals surface area contributed by atoms with Crippen LogP contribution in [0.25, 0.3) is 35.7 Å². The summed E-state index contributed by atoms with van der Waals surface area (Å²) in [7, 11) is -26.2. The quantitative estimate of drug-likeness (QED) is 0.0238. The van der Waals surface area contributed by atoms with Gasteiger partial charge in [0.05, 0.1) is 62.6 Å². The van der Waals surface area contributed by atoms with E-state index in [4.69, 9.17) is 4.74 Å². The van der Waals surface area contributed by atoms with Gasteiger partial charge in [-0.05, 0) is 101 Å². The van der Waals surface area contributed by atoms with Crippen LogP contribution in [0.2, 0.25) is 0 Å². The number of aromatic carboxylic acids is 2. The van der Waals surface area contributed by atoms with Gasteiger partial charge < -0.3 is 62.7 Å². The van der Waals surface area contributed by atoms with Gasteiger partial charge in [0.25, 0.3) is 31.4 Å². The van der Waals surface area contributed by atoms with Gasteiger partial charge in [-0.15, -0.1) is 31.8 Å². The minimum Gasteiger partial charge on any atom is -0.744 e. The first-order valence-electron chi connectivity index (χ1n) is 27.4. The zero-order valence-corrected chi connectivity index (χ0v) is 71.1. The van der Waals surface area contributed by atoms with E-state index in [0.717, 1.165) is 83.6 Å². The molecule has 1 aliphatic heterocycles. The molecule has 4 N–H and O–H groups in total. The van der Waals surface area contributed by atoms with Crippen LogP contribution in [-0.2, 0) is 89.5 Å².